The predicted molar refractivity (Wildman–Crippen MR) is 98.7 cm³/mol. The Kier molecular flexibility index (Phi) is 5.29. The van der Waals surface area contributed by atoms with E-state index in [4.69, 9.17) is 30.2 Å². The summed E-state index contributed by atoms with van der Waals surface area (Å²) in [5, 5.41) is 7.53. The van der Waals surface area contributed by atoms with Crippen molar-refractivity contribution in [1.82, 2.24) is 0 Å². The van der Waals surface area contributed by atoms with Crippen molar-refractivity contribution < 1.29 is 18.8 Å². The zero-order valence-corrected chi connectivity index (χ0v) is 15.5. The van der Waals surface area contributed by atoms with E-state index in [1.165, 1.54) is 6.21 Å². The lowest BCUT2D eigenvalue weighted by Gasteiger charge is -2.32. The highest BCUT2D eigenvalue weighted by Crippen LogP contribution is 2.37. The van der Waals surface area contributed by atoms with E-state index in [0.29, 0.717) is 22.5 Å². The Bertz CT molecular complexity index is 684. The van der Waals surface area contributed by atoms with Crippen LogP contribution in [0.1, 0.15) is 33.3 Å². The number of benzene rings is 1. The van der Waals surface area contributed by atoms with Gasteiger partial charge in [-0.15, -0.1) is 5.10 Å². The van der Waals surface area contributed by atoms with Crippen LogP contribution in [0.5, 0.6) is 11.5 Å². The van der Waals surface area contributed by atoms with Crippen molar-refractivity contribution in [2.45, 2.75) is 38.9 Å². The van der Waals surface area contributed by atoms with Gasteiger partial charge in [-0.25, -0.2) is 0 Å². The lowest BCUT2D eigenvalue weighted by molar-refractivity contribution is 0.00578. The summed E-state index contributed by atoms with van der Waals surface area (Å²) in [6.07, 6.45) is 1.50. The lowest BCUT2D eigenvalue weighted by Crippen LogP contribution is -2.41. The summed E-state index contributed by atoms with van der Waals surface area (Å²) in [6.45, 7) is 7.93. The van der Waals surface area contributed by atoms with Crippen LogP contribution in [0.3, 0.4) is 0 Å². The van der Waals surface area contributed by atoms with Crippen molar-refractivity contribution in [1.29, 1.82) is 0 Å². The molecule has 0 atom stereocenters. The van der Waals surface area contributed by atoms with Crippen molar-refractivity contribution in [3.63, 3.8) is 0 Å². The van der Waals surface area contributed by atoms with Crippen LogP contribution in [0.25, 0.3) is 0 Å². The predicted octanol–water partition coefficient (Wildman–Crippen LogP) is 0.610. The SMILES string of the molecule is COc1cc(OC)c(C=NN=C(N)N)c(B2OC(C)(C)C(C)(C)O2)c1. The molecule has 0 radical (unpaired) electrons. The van der Waals surface area contributed by atoms with E-state index in [2.05, 4.69) is 10.2 Å². The third kappa shape index (κ3) is 3.88. The van der Waals surface area contributed by atoms with Crippen molar-refractivity contribution in [2.75, 3.05) is 14.2 Å². The van der Waals surface area contributed by atoms with Gasteiger partial charge < -0.3 is 30.2 Å². The van der Waals surface area contributed by atoms with Crippen molar-refractivity contribution in [2.24, 2.45) is 21.7 Å². The minimum Gasteiger partial charge on any atom is -0.497 e. The van der Waals surface area contributed by atoms with Gasteiger partial charge in [-0.1, -0.05) is 0 Å². The molecule has 1 aliphatic heterocycles. The maximum absolute atomic E-state index is 6.14. The smallest absolute Gasteiger partial charge is 0.495 e. The highest BCUT2D eigenvalue weighted by atomic mass is 16.7. The molecular weight excluding hydrogens is 323 g/mol. The zero-order valence-electron chi connectivity index (χ0n) is 15.5. The van der Waals surface area contributed by atoms with E-state index in [-0.39, 0.29) is 5.96 Å². The van der Waals surface area contributed by atoms with Crippen LogP contribution < -0.4 is 26.4 Å². The number of nitrogens with zero attached hydrogens (tertiary/aromatic N) is 2. The molecule has 0 unspecified atom stereocenters. The van der Waals surface area contributed by atoms with Gasteiger partial charge in [-0.05, 0) is 39.2 Å². The summed E-state index contributed by atoms with van der Waals surface area (Å²) in [5.74, 6) is 1.01. The molecule has 25 heavy (non-hydrogen) atoms. The number of rotatable bonds is 5. The molecular formula is C16H25BN4O4. The quantitative estimate of drug-likeness (QED) is 0.349. The molecule has 0 saturated carbocycles. The second kappa shape index (κ2) is 6.93. The largest absolute Gasteiger partial charge is 0.497 e. The van der Waals surface area contributed by atoms with Crippen LogP contribution in [-0.2, 0) is 9.31 Å². The second-order valence-corrected chi connectivity index (χ2v) is 6.69. The molecule has 0 bridgehead atoms. The highest BCUT2D eigenvalue weighted by molar-refractivity contribution is 6.63. The fourth-order valence-corrected chi connectivity index (χ4v) is 2.37. The first-order valence-electron chi connectivity index (χ1n) is 7.85. The molecule has 9 heteroatoms. The molecule has 0 amide bonds. The molecule has 136 valence electrons. The highest BCUT2D eigenvalue weighted by Gasteiger charge is 2.52. The molecule has 1 aromatic carbocycles. The van der Waals surface area contributed by atoms with E-state index >= 15 is 0 Å². The van der Waals surface area contributed by atoms with Gasteiger partial charge >= 0.3 is 7.12 Å². The third-order valence-electron chi connectivity index (χ3n) is 4.47. The number of ether oxygens (including phenoxy) is 2. The first-order valence-corrected chi connectivity index (χ1v) is 7.85. The maximum atomic E-state index is 6.14. The third-order valence-corrected chi connectivity index (χ3v) is 4.47. The molecule has 0 aliphatic carbocycles. The fourth-order valence-electron chi connectivity index (χ4n) is 2.37. The lowest BCUT2D eigenvalue weighted by atomic mass is 9.75. The van der Waals surface area contributed by atoms with Crippen LogP contribution in [0.4, 0.5) is 0 Å². The van der Waals surface area contributed by atoms with Gasteiger partial charge in [0.05, 0.1) is 31.6 Å². The van der Waals surface area contributed by atoms with Crippen molar-refractivity contribution >= 4 is 24.8 Å². The molecule has 2 rings (SSSR count). The zero-order chi connectivity index (χ0) is 18.8. The van der Waals surface area contributed by atoms with Crippen LogP contribution >= 0.6 is 0 Å². The van der Waals surface area contributed by atoms with E-state index < -0.39 is 18.3 Å². The van der Waals surface area contributed by atoms with Crippen LogP contribution in [0.15, 0.2) is 22.3 Å². The first-order chi connectivity index (χ1) is 11.6. The summed E-state index contributed by atoms with van der Waals surface area (Å²) in [7, 11) is 2.52. The Balaban J connectivity index is 2.55. The monoisotopic (exact) mass is 348 g/mol. The van der Waals surface area contributed by atoms with Gasteiger partial charge in [0, 0.05) is 11.6 Å². The maximum Gasteiger partial charge on any atom is 0.495 e. The van der Waals surface area contributed by atoms with Gasteiger partial charge in [0.2, 0.25) is 5.96 Å². The molecule has 4 N–H and O–H groups in total. The van der Waals surface area contributed by atoms with Gasteiger partial charge in [0.15, 0.2) is 0 Å². The van der Waals surface area contributed by atoms with Crippen molar-refractivity contribution in [3.8, 4) is 11.5 Å². The average molecular weight is 348 g/mol. The minimum atomic E-state index is -0.616. The minimum absolute atomic E-state index is 0.138. The summed E-state index contributed by atoms with van der Waals surface area (Å²) in [5.41, 5.74) is 11.0. The van der Waals surface area contributed by atoms with Crippen LogP contribution in [0, 0.1) is 0 Å². The summed E-state index contributed by atoms with van der Waals surface area (Å²) in [4.78, 5) is 0. The summed E-state index contributed by atoms with van der Waals surface area (Å²) in [6, 6.07) is 3.56. The first kappa shape index (κ1) is 19.1. The van der Waals surface area contributed by atoms with E-state index in [9.17, 15) is 0 Å². The summed E-state index contributed by atoms with van der Waals surface area (Å²) < 4.78 is 23.1. The Morgan fingerprint density at radius 2 is 1.68 bits per heavy atom. The van der Waals surface area contributed by atoms with Gasteiger partial charge in [0.25, 0.3) is 0 Å². The van der Waals surface area contributed by atoms with E-state index in [1.807, 2.05) is 33.8 Å². The number of methoxy groups -OCH3 is 2. The number of hydrogen-bond acceptors (Lipinski definition) is 6. The standard InChI is InChI=1S/C16H25BN4O4/c1-15(2)16(3,4)25-17(24-15)12-7-10(22-5)8-13(23-6)11(12)9-20-21-14(18)19/h7-9H,1-6H3,(H4,18,19,21). The Hall–Kier alpha value is -2.26. The average Bonchev–Trinajstić information content (AvgIpc) is 2.74. The molecule has 1 fully saturated rings. The van der Waals surface area contributed by atoms with E-state index in [0.717, 1.165) is 0 Å². The molecule has 1 heterocycles. The van der Waals surface area contributed by atoms with Gasteiger partial charge in [-0.2, -0.15) is 5.10 Å². The topological polar surface area (TPSA) is 114 Å². The Morgan fingerprint density at radius 1 is 1.08 bits per heavy atom. The summed E-state index contributed by atoms with van der Waals surface area (Å²) >= 11 is 0. The molecule has 0 aromatic heterocycles. The van der Waals surface area contributed by atoms with Crippen molar-refractivity contribution in [3.05, 3.63) is 17.7 Å². The van der Waals surface area contributed by atoms with Gasteiger partial charge in [-0.3, -0.25) is 0 Å². The molecule has 0 spiro atoms. The van der Waals surface area contributed by atoms with E-state index in [1.54, 1.807) is 20.3 Å². The molecule has 1 saturated heterocycles. The molecule has 8 nitrogen and oxygen atoms in total. The molecule has 1 aromatic rings. The van der Waals surface area contributed by atoms with Crippen LogP contribution in [0.2, 0.25) is 0 Å². The number of nitrogens with two attached hydrogens (primary N) is 2. The Morgan fingerprint density at radius 3 is 2.16 bits per heavy atom. The second-order valence-electron chi connectivity index (χ2n) is 6.69. The normalized spacial score (nSPS) is 18.4. The van der Waals surface area contributed by atoms with Gasteiger partial charge in [0.1, 0.15) is 11.5 Å². The van der Waals surface area contributed by atoms with Crippen LogP contribution in [-0.4, -0.2) is 44.7 Å². The molecule has 1 aliphatic rings. The Labute approximate surface area is 148 Å². The number of guanidine groups is 1. The fraction of sp³-hybridized carbons (Fsp3) is 0.500. The number of hydrogen-bond donors (Lipinski definition) is 2.